The maximum absolute atomic E-state index is 12.1. The lowest BCUT2D eigenvalue weighted by molar-refractivity contribution is -0.157. The van der Waals surface area contributed by atoms with Gasteiger partial charge in [-0.1, -0.05) is 0 Å². The molecule has 0 aliphatic carbocycles. The quantitative estimate of drug-likeness (QED) is 0.338. The summed E-state index contributed by atoms with van der Waals surface area (Å²) in [5.74, 6) is 4.32. The highest BCUT2D eigenvalue weighted by atomic mass is 16.2. The number of hydrogen-bond donors (Lipinski definition) is 2. The molecule has 3 amide bonds. The number of nitrogens with one attached hydrogen (secondary N) is 1. The first kappa shape index (κ1) is 11.8. The third-order valence-electron chi connectivity index (χ3n) is 3.44. The number of carbonyl (C=O) groups excluding carboxylic acids is 3. The van der Waals surface area contributed by atoms with E-state index in [1.807, 2.05) is 5.43 Å². The van der Waals surface area contributed by atoms with Crippen LogP contribution in [0.15, 0.2) is 0 Å². The van der Waals surface area contributed by atoms with Gasteiger partial charge in [-0.05, 0) is 19.8 Å². The van der Waals surface area contributed by atoms with E-state index >= 15 is 0 Å². The number of carbonyl (C=O) groups is 3. The molecule has 3 N–H and O–H groups in total. The number of piperazine rings is 1. The first-order valence-electron chi connectivity index (χ1n) is 5.66. The molecular formula is C10H16N4O3. The van der Waals surface area contributed by atoms with Gasteiger partial charge in [0, 0.05) is 6.54 Å². The summed E-state index contributed by atoms with van der Waals surface area (Å²) in [6, 6.07) is -1.09. The molecule has 17 heavy (non-hydrogen) atoms. The van der Waals surface area contributed by atoms with Crippen LogP contribution in [0.4, 0.5) is 0 Å². The van der Waals surface area contributed by atoms with E-state index in [1.165, 1.54) is 4.90 Å². The van der Waals surface area contributed by atoms with Crippen LogP contribution in [0.2, 0.25) is 0 Å². The zero-order valence-corrected chi connectivity index (χ0v) is 9.68. The van der Waals surface area contributed by atoms with E-state index in [4.69, 9.17) is 5.84 Å². The van der Waals surface area contributed by atoms with Gasteiger partial charge in [-0.3, -0.25) is 19.8 Å². The third-order valence-corrected chi connectivity index (χ3v) is 3.44. The molecule has 0 aromatic rings. The Morgan fingerprint density at radius 2 is 2.24 bits per heavy atom. The fourth-order valence-corrected chi connectivity index (χ4v) is 2.42. The van der Waals surface area contributed by atoms with Crippen molar-refractivity contribution in [2.75, 3.05) is 13.1 Å². The Bertz CT molecular complexity index is 371. The molecular weight excluding hydrogens is 224 g/mol. The smallest absolute Gasteiger partial charge is 0.256 e. The summed E-state index contributed by atoms with van der Waals surface area (Å²) in [5.41, 5.74) is 2.00. The third kappa shape index (κ3) is 1.86. The number of nitrogens with zero attached hydrogens (tertiary/aromatic N) is 2. The Labute approximate surface area is 98.9 Å². The Morgan fingerprint density at radius 1 is 1.53 bits per heavy atom. The number of hydrogen-bond acceptors (Lipinski definition) is 4. The van der Waals surface area contributed by atoms with E-state index in [0.29, 0.717) is 13.0 Å². The summed E-state index contributed by atoms with van der Waals surface area (Å²) in [4.78, 5) is 38.2. The highest BCUT2D eigenvalue weighted by Gasteiger charge is 2.44. The van der Waals surface area contributed by atoms with Gasteiger partial charge in [-0.25, -0.2) is 5.84 Å². The molecule has 94 valence electrons. The maximum Gasteiger partial charge on any atom is 0.256 e. The fourth-order valence-electron chi connectivity index (χ4n) is 2.42. The molecule has 2 aliphatic heterocycles. The van der Waals surface area contributed by atoms with Gasteiger partial charge < -0.3 is 9.80 Å². The van der Waals surface area contributed by atoms with Gasteiger partial charge in [0.2, 0.25) is 11.8 Å². The van der Waals surface area contributed by atoms with Crippen LogP contribution in [0.5, 0.6) is 0 Å². The molecule has 0 radical (unpaired) electrons. The number of fused-ring (bicyclic) bond motifs is 1. The van der Waals surface area contributed by atoms with Crippen molar-refractivity contribution in [3.8, 4) is 0 Å². The molecule has 0 aromatic heterocycles. The molecule has 2 heterocycles. The van der Waals surface area contributed by atoms with Gasteiger partial charge >= 0.3 is 0 Å². The van der Waals surface area contributed by atoms with Gasteiger partial charge in [0.1, 0.15) is 18.6 Å². The Hall–Kier alpha value is -1.63. The minimum atomic E-state index is -0.709. The maximum atomic E-state index is 12.1. The van der Waals surface area contributed by atoms with Gasteiger partial charge in [-0.2, -0.15) is 0 Å². The van der Waals surface area contributed by atoms with Crippen molar-refractivity contribution >= 4 is 17.7 Å². The Kier molecular flexibility index (Phi) is 3.01. The van der Waals surface area contributed by atoms with E-state index < -0.39 is 11.9 Å². The zero-order valence-electron chi connectivity index (χ0n) is 9.68. The van der Waals surface area contributed by atoms with E-state index in [0.717, 1.165) is 6.42 Å². The second kappa shape index (κ2) is 4.33. The molecule has 2 aliphatic rings. The van der Waals surface area contributed by atoms with Crippen LogP contribution in [-0.4, -0.2) is 52.7 Å². The Morgan fingerprint density at radius 3 is 2.88 bits per heavy atom. The van der Waals surface area contributed by atoms with Crippen LogP contribution >= 0.6 is 0 Å². The first-order chi connectivity index (χ1) is 8.06. The summed E-state index contributed by atoms with van der Waals surface area (Å²) >= 11 is 0. The monoisotopic (exact) mass is 240 g/mol. The number of nitrogens with two attached hydrogens (primary N) is 1. The summed E-state index contributed by atoms with van der Waals surface area (Å²) in [6.07, 6.45) is 1.52. The molecule has 0 aromatic carbocycles. The van der Waals surface area contributed by atoms with Crippen LogP contribution in [0.25, 0.3) is 0 Å². The fraction of sp³-hybridized carbons (Fsp3) is 0.700. The van der Waals surface area contributed by atoms with Crippen LogP contribution < -0.4 is 11.3 Å². The Balaban J connectivity index is 2.17. The molecule has 2 fully saturated rings. The highest BCUT2D eigenvalue weighted by Crippen LogP contribution is 2.24. The van der Waals surface area contributed by atoms with Crippen molar-refractivity contribution in [1.82, 2.24) is 15.2 Å². The van der Waals surface area contributed by atoms with E-state index in [1.54, 1.807) is 11.8 Å². The minimum absolute atomic E-state index is 0.0378. The average Bonchev–Trinajstić information content (AvgIpc) is 2.81. The van der Waals surface area contributed by atoms with E-state index in [2.05, 4.69) is 0 Å². The molecule has 0 spiro atoms. The van der Waals surface area contributed by atoms with Gasteiger partial charge in [0.05, 0.1) is 0 Å². The molecule has 2 atom stereocenters. The van der Waals surface area contributed by atoms with Crippen LogP contribution in [0.1, 0.15) is 19.8 Å². The topological polar surface area (TPSA) is 95.7 Å². The summed E-state index contributed by atoms with van der Waals surface area (Å²) in [7, 11) is 0. The predicted octanol–water partition coefficient (Wildman–Crippen LogP) is -1.80. The predicted molar refractivity (Wildman–Crippen MR) is 58.2 cm³/mol. The molecule has 2 unspecified atom stereocenters. The highest BCUT2D eigenvalue weighted by molar-refractivity contribution is 5.98. The van der Waals surface area contributed by atoms with E-state index in [9.17, 15) is 14.4 Å². The number of amides is 3. The van der Waals surface area contributed by atoms with Crippen LogP contribution in [0, 0.1) is 0 Å². The van der Waals surface area contributed by atoms with Gasteiger partial charge in [-0.15, -0.1) is 0 Å². The molecule has 0 saturated carbocycles. The second-order valence-electron chi connectivity index (χ2n) is 4.40. The molecule has 0 bridgehead atoms. The summed E-state index contributed by atoms with van der Waals surface area (Å²) in [6.45, 7) is 2.17. The number of rotatable bonds is 2. The van der Waals surface area contributed by atoms with Gasteiger partial charge in [0.15, 0.2) is 0 Å². The summed E-state index contributed by atoms with van der Waals surface area (Å²) in [5, 5.41) is 0. The standard InChI is InChI=1S/C10H16N4O3/c1-6(9(16)12-11)14-5-8(15)13-4-2-3-7(13)10(14)17/h6-7H,2-5,11H2,1H3,(H,12,16). The van der Waals surface area contributed by atoms with E-state index in [-0.39, 0.29) is 24.4 Å². The summed E-state index contributed by atoms with van der Waals surface area (Å²) < 4.78 is 0. The molecule has 7 heteroatoms. The van der Waals surface area contributed by atoms with Gasteiger partial charge in [0.25, 0.3) is 5.91 Å². The lowest BCUT2D eigenvalue weighted by atomic mass is 10.1. The molecule has 2 saturated heterocycles. The lowest BCUT2D eigenvalue weighted by Crippen LogP contribution is -2.62. The minimum Gasteiger partial charge on any atom is -0.329 e. The molecule has 2 rings (SSSR count). The normalized spacial score (nSPS) is 25.9. The largest absolute Gasteiger partial charge is 0.329 e. The average molecular weight is 240 g/mol. The van der Waals surface area contributed by atoms with Crippen LogP contribution in [0.3, 0.4) is 0 Å². The molecule has 7 nitrogen and oxygen atoms in total. The van der Waals surface area contributed by atoms with Crippen molar-refractivity contribution in [2.45, 2.75) is 31.8 Å². The first-order valence-corrected chi connectivity index (χ1v) is 5.66. The van der Waals surface area contributed by atoms with Crippen molar-refractivity contribution in [2.24, 2.45) is 5.84 Å². The second-order valence-corrected chi connectivity index (χ2v) is 4.40. The zero-order chi connectivity index (χ0) is 12.6. The van der Waals surface area contributed by atoms with Crippen molar-refractivity contribution in [1.29, 1.82) is 0 Å². The van der Waals surface area contributed by atoms with Crippen LogP contribution in [-0.2, 0) is 14.4 Å². The lowest BCUT2D eigenvalue weighted by Gasteiger charge is -2.38. The van der Waals surface area contributed by atoms with Crippen molar-refractivity contribution in [3.63, 3.8) is 0 Å². The van der Waals surface area contributed by atoms with Crippen molar-refractivity contribution in [3.05, 3.63) is 0 Å². The SMILES string of the molecule is CC(C(=O)NN)N1CC(=O)N2CCCC2C1=O. The number of hydrazine groups is 1. The van der Waals surface area contributed by atoms with Crippen molar-refractivity contribution < 1.29 is 14.4 Å².